The summed E-state index contributed by atoms with van der Waals surface area (Å²) in [6, 6.07) is 7.73. The Morgan fingerprint density at radius 2 is 2.13 bits per heavy atom. The van der Waals surface area contributed by atoms with E-state index in [1.807, 2.05) is 37.4 Å². The van der Waals surface area contributed by atoms with Gasteiger partial charge in [0.15, 0.2) is 0 Å². The van der Waals surface area contributed by atoms with Gasteiger partial charge in [-0.3, -0.25) is 0 Å². The fourth-order valence-corrected chi connectivity index (χ4v) is 3.62. The summed E-state index contributed by atoms with van der Waals surface area (Å²) >= 11 is 0. The fraction of sp³-hybridized carbons (Fsp3) is 0.353. The van der Waals surface area contributed by atoms with Crippen molar-refractivity contribution >= 4 is 16.1 Å². The van der Waals surface area contributed by atoms with Crippen LogP contribution in [0.1, 0.15) is 23.4 Å². The predicted octanol–water partition coefficient (Wildman–Crippen LogP) is 2.34. The van der Waals surface area contributed by atoms with E-state index in [9.17, 15) is 8.42 Å². The Balaban J connectivity index is 1.56. The van der Waals surface area contributed by atoms with Crippen molar-refractivity contribution in [3.63, 3.8) is 0 Å². The molecule has 0 fully saturated rings. The van der Waals surface area contributed by atoms with Gasteiger partial charge < -0.3 is 4.57 Å². The van der Waals surface area contributed by atoms with Gasteiger partial charge in [-0.05, 0) is 30.9 Å². The number of aromatic nitrogens is 2. The normalized spacial score (nSPS) is 18.2. The Bertz CT molecular complexity index is 792. The lowest BCUT2D eigenvalue weighted by Crippen LogP contribution is -2.32. The van der Waals surface area contributed by atoms with Gasteiger partial charge in [0.25, 0.3) is 0 Å². The van der Waals surface area contributed by atoms with Crippen LogP contribution < -0.4 is 4.72 Å². The first kappa shape index (κ1) is 16.0. The highest BCUT2D eigenvalue weighted by molar-refractivity contribution is 7.92. The van der Waals surface area contributed by atoms with Crippen LogP contribution in [-0.4, -0.2) is 24.5 Å². The SMILES string of the molecule is Cc1ccc(/C=C/S(=O)(=O)NCC2CCn3ccnc3C2)cc1. The van der Waals surface area contributed by atoms with Crippen LogP contribution >= 0.6 is 0 Å². The van der Waals surface area contributed by atoms with Crippen LogP contribution in [0.3, 0.4) is 0 Å². The third kappa shape index (κ3) is 4.30. The molecule has 1 aromatic carbocycles. The zero-order valence-corrected chi connectivity index (χ0v) is 14.0. The average Bonchev–Trinajstić information content (AvgIpc) is 3.00. The topological polar surface area (TPSA) is 64.0 Å². The van der Waals surface area contributed by atoms with E-state index >= 15 is 0 Å². The molecule has 0 saturated carbocycles. The first-order valence-corrected chi connectivity index (χ1v) is 9.31. The second-order valence-electron chi connectivity index (χ2n) is 6.00. The van der Waals surface area contributed by atoms with Crippen molar-refractivity contribution < 1.29 is 8.42 Å². The third-order valence-electron chi connectivity index (χ3n) is 4.14. The van der Waals surface area contributed by atoms with Gasteiger partial charge in [0.1, 0.15) is 5.82 Å². The van der Waals surface area contributed by atoms with Crippen molar-refractivity contribution in [2.45, 2.75) is 26.3 Å². The van der Waals surface area contributed by atoms with Crippen LogP contribution in [0.15, 0.2) is 42.1 Å². The van der Waals surface area contributed by atoms with Crippen molar-refractivity contribution in [1.82, 2.24) is 14.3 Å². The standard InChI is InChI=1S/C17H21N3O2S/c1-14-2-4-15(5-3-14)7-11-23(21,22)19-13-16-6-9-20-10-8-18-17(20)12-16/h2-5,7-8,10-11,16,19H,6,9,12-13H2,1H3/b11-7+. The molecule has 0 aliphatic carbocycles. The number of nitrogens with zero attached hydrogens (tertiary/aromatic N) is 2. The number of fused-ring (bicyclic) bond motifs is 1. The minimum atomic E-state index is -3.41. The first-order valence-electron chi connectivity index (χ1n) is 7.76. The van der Waals surface area contributed by atoms with E-state index < -0.39 is 10.0 Å². The highest BCUT2D eigenvalue weighted by Gasteiger charge is 2.20. The monoisotopic (exact) mass is 331 g/mol. The van der Waals surface area contributed by atoms with Gasteiger partial charge in [0.05, 0.1) is 0 Å². The maximum atomic E-state index is 12.1. The second kappa shape index (κ2) is 6.68. The van der Waals surface area contributed by atoms with Crippen LogP contribution in [0, 0.1) is 12.8 Å². The van der Waals surface area contributed by atoms with Gasteiger partial charge in [0, 0.05) is 37.3 Å². The van der Waals surface area contributed by atoms with E-state index in [1.54, 1.807) is 12.3 Å². The molecule has 1 unspecified atom stereocenters. The largest absolute Gasteiger partial charge is 0.335 e. The van der Waals surface area contributed by atoms with Crippen LogP contribution in [0.4, 0.5) is 0 Å². The summed E-state index contributed by atoms with van der Waals surface area (Å²) < 4.78 is 29.0. The summed E-state index contributed by atoms with van der Waals surface area (Å²) in [5.74, 6) is 1.34. The fourth-order valence-electron chi connectivity index (χ4n) is 2.72. The van der Waals surface area contributed by atoms with Crippen molar-refractivity contribution in [2.24, 2.45) is 5.92 Å². The summed E-state index contributed by atoms with van der Waals surface area (Å²) in [6.07, 6.45) is 7.17. The van der Waals surface area contributed by atoms with Gasteiger partial charge in [-0.25, -0.2) is 18.1 Å². The van der Waals surface area contributed by atoms with E-state index in [0.717, 1.165) is 36.3 Å². The zero-order valence-electron chi connectivity index (χ0n) is 13.1. The summed E-state index contributed by atoms with van der Waals surface area (Å²) in [6.45, 7) is 3.36. The lowest BCUT2D eigenvalue weighted by Gasteiger charge is -2.23. The Labute approximate surface area is 137 Å². The summed E-state index contributed by atoms with van der Waals surface area (Å²) in [5.41, 5.74) is 2.03. The van der Waals surface area contributed by atoms with E-state index in [1.165, 1.54) is 5.41 Å². The molecule has 5 nitrogen and oxygen atoms in total. The van der Waals surface area contributed by atoms with Crippen LogP contribution in [0.5, 0.6) is 0 Å². The van der Waals surface area contributed by atoms with Crippen molar-refractivity contribution in [3.05, 3.63) is 59.0 Å². The average molecular weight is 331 g/mol. The molecule has 0 saturated heterocycles. The summed E-state index contributed by atoms with van der Waals surface area (Å²) in [5, 5.41) is 1.24. The van der Waals surface area contributed by atoms with Gasteiger partial charge in [-0.1, -0.05) is 29.8 Å². The third-order valence-corrected chi connectivity index (χ3v) is 5.20. The number of benzene rings is 1. The van der Waals surface area contributed by atoms with E-state index in [2.05, 4.69) is 14.3 Å². The molecule has 1 aliphatic heterocycles. The lowest BCUT2D eigenvalue weighted by atomic mass is 9.98. The van der Waals surface area contributed by atoms with Crippen LogP contribution in [0.25, 0.3) is 6.08 Å². The van der Waals surface area contributed by atoms with E-state index in [0.29, 0.717) is 12.5 Å². The number of rotatable bonds is 5. The number of hydrogen-bond donors (Lipinski definition) is 1. The quantitative estimate of drug-likeness (QED) is 0.915. The molecule has 0 spiro atoms. The molecule has 6 heteroatoms. The molecule has 1 aliphatic rings. The number of imidazole rings is 1. The van der Waals surface area contributed by atoms with Crippen LogP contribution in [0.2, 0.25) is 0 Å². The van der Waals surface area contributed by atoms with Crippen molar-refractivity contribution in [2.75, 3.05) is 6.54 Å². The highest BCUT2D eigenvalue weighted by atomic mass is 32.2. The van der Waals surface area contributed by atoms with Crippen LogP contribution in [-0.2, 0) is 23.0 Å². The molecule has 1 aromatic heterocycles. The summed E-state index contributed by atoms with van der Waals surface area (Å²) in [4.78, 5) is 4.31. The number of aryl methyl sites for hydroxylation is 2. The molecule has 1 N–H and O–H groups in total. The van der Waals surface area contributed by atoms with Gasteiger partial charge in [0.2, 0.25) is 10.0 Å². The Morgan fingerprint density at radius 3 is 2.91 bits per heavy atom. The Morgan fingerprint density at radius 1 is 1.35 bits per heavy atom. The molecule has 2 aromatic rings. The van der Waals surface area contributed by atoms with Gasteiger partial charge >= 0.3 is 0 Å². The smallest absolute Gasteiger partial charge is 0.233 e. The minimum absolute atomic E-state index is 0.299. The number of sulfonamides is 1. The molecule has 1 atom stereocenters. The van der Waals surface area contributed by atoms with Crippen molar-refractivity contribution in [1.29, 1.82) is 0 Å². The summed E-state index contributed by atoms with van der Waals surface area (Å²) in [7, 11) is -3.41. The number of hydrogen-bond acceptors (Lipinski definition) is 3. The molecular formula is C17H21N3O2S. The molecule has 0 radical (unpaired) electrons. The minimum Gasteiger partial charge on any atom is -0.335 e. The molecule has 2 heterocycles. The van der Waals surface area contributed by atoms with Gasteiger partial charge in [-0.15, -0.1) is 0 Å². The molecule has 0 amide bonds. The highest BCUT2D eigenvalue weighted by Crippen LogP contribution is 2.18. The number of nitrogens with one attached hydrogen (secondary N) is 1. The molecule has 3 rings (SSSR count). The van der Waals surface area contributed by atoms with Crippen molar-refractivity contribution in [3.8, 4) is 0 Å². The maximum Gasteiger partial charge on any atom is 0.233 e. The molecule has 23 heavy (non-hydrogen) atoms. The van der Waals surface area contributed by atoms with Gasteiger partial charge in [-0.2, -0.15) is 0 Å². The molecule has 122 valence electrons. The first-order chi connectivity index (χ1) is 11.0. The Kier molecular flexibility index (Phi) is 4.63. The Hall–Kier alpha value is -1.92. The molecule has 0 bridgehead atoms. The van der Waals surface area contributed by atoms with E-state index in [4.69, 9.17) is 0 Å². The predicted molar refractivity (Wildman–Crippen MR) is 91.2 cm³/mol. The zero-order chi connectivity index (χ0) is 16.3. The van der Waals surface area contributed by atoms with E-state index in [-0.39, 0.29) is 0 Å². The maximum absolute atomic E-state index is 12.1. The second-order valence-corrected chi connectivity index (χ2v) is 7.65. The molecular weight excluding hydrogens is 310 g/mol. The lowest BCUT2D eigenvalue weighted by molar-refractivity contribution is 0.380.